The summed E-state index contributed by atoms with van der Waals surface area (Å²) in [5, 5.41) is 10.2. The van der Waals surface area contributed by atoms with Gasteiger partial charge in [0.15, 0.2) is 10.8 Å². The van der Waals surface area contributed by atoms with E-state index >= 15 is 0 Å². The standard InChI is InChI=1S/C11H10ClN3O2/c1-7-2-3-8(17-7)6-13-11(16)9-4-5-10(12)15-14-9/h2-5H,6H2,1H3,(H,13,16). The fraction of sp³-hybridized carbons (Fsp3) is 0.182. The number of hydrogen-bond acceptors (Lipinski definition) is 4. The molecule has 1 N–H and O–H groups in total. The summed E-state index contributed by atoms with van der Waals surface area (Å²) in [6.07, 6.45) is 0. The fourth-order valence-electron chi connectivity index (χ4n) is 1.28. The molecule has 2 heterocycles. The molecule has 0 aromatic carbocycles. The Kier molecular flexibility index (Phi) is 3.39. The van der Waals surface area contributed by atoms with Crippen molar-refractivity contribution in [3.05, 3.63) is 46.6 Å². The summed E-state index contributed by atoms with van der Waals surface area (Å²) in [5.41, 5.74) is 0.220. The lowest BCUT2D eigenvalue weighted by molar-refractivity contribution is 0.0942. The number of carbonyl (C=O) groups excluding carboxylic acids is 1. The van der Waals surface area contributed by atoms with Crippen molar-refractivity contribution in [1.29, 1.82) is 0 Å². The fourth-order valence-corrected chi connectivity index (χ4v) is 1.38. The van der Waals surface area contributed by atoms with E-state index in [4.69, 9.17) is 16.0 Å². The molecule has 5 nitrogen and oxygen atoms in total. The molecule has 0 aliphatic rings. The molecule has 2 rings (SSSR count). The molecule has 0 unspecified atom stereocenters. The predicted octanol–water partition coefficient (Wildman–Crippen LogP) is 1.96. The number of nitrogens with zero attached hydrogens (tertiary/aromatic N) is 2. The smallest absolute Gasteiger partial charge is 0.272 e. The second-order valence-electron chi connectivity index (χ2n) is 3.44. The van der Waals surface area contributed by atoms with Crippen LogP contribution in [0.25, 0.3) is 0 Å². The van der Waals surface area contributed by atoms with Crippen molar-refractivity contribution in [2.24, 2.45) is 0 Å². The van der Waals surface area contributed by atoms with E-state index in [0.717, 1.165) is 5.76 Å². The number of carbonyl (C=O) groups is 1. The average molecular weight is 252 g/mol. The van der Waals surface area contributed by atoms with E-state index in [0.29, 0.717) is 12.3 Å². The van der Waals surface area contributed by atoms with Crippen LogP contribution in [0.2, 0.25) is 5.15 Å². The number of aromatic nitrogens is 2. The van der Waals surface area contributed by atoms with Crippen LogP contribution in [-0.2, 0) is 6.54 Å². The van der Waals surface area contributed by atoms with Crippen molar-refractivity contribution in [2.45, 2.75) is 13.5 Å². The molecule has 6 heteroatoms. The van der Waals surface area contributed by atoms with Crippen molar-refractivity contribution in [1.82, 2.24) is 15.5 Å². The SMILES string of the molecule is Cc1ccc(CNC(=O)c2ccc(Cl)nn2)o1. The molecule has 0 saturated carbocycles. The van der Waals surface area contributed by atoms with Crippen LogP contribution in [0.3, 0.4) is 0 Å². The van der Waals surface area contributed by atoms with E-state index < -0.39 is 0 Å². The Morgan fingerprint density at radius 1 is 1.35 bits per heavy atom. The quantitative estimate of drug-likeness (QED) is 0.906. The summed E-state index contributed by atoms with van der Waals surface area (Å²) in [4.78, 5) is 11.6. The van der Waals surface area contributed by atoms with Gasteiger partial charge in [0.2, 0.25) is 0 Å². The summed E-state index contributed by atoms with van der Waals surface area (Å²) in [7, 11) is 0. The van der Waals surface area contributed by atoms with Gasteiger partial charge in [-0.1, -0.05) is 11.6 Å². The number of rotatable bonds is 3. The van der Waals surface area contributed by atoms with Gasteiger partial charge in [0, 0.05) is 0 Å². The molecule has 0 radical (unpaired) electrons. The number of hydrogen-bond donors (Lipinski definition) is 1. The van der Waals surface area contributed by atoms with Gasteiger partial charge in [0.05, 0.1) is 6.54 Å². The second kappa shape index (κ2) is 4.97. The lowest BCUT2D eigenvalue weighted by atomic mass is 10.3. The van der Waals surface area contributed by atoms with E-state index in [9.17, 15) is 4.79 Å². The largest absolute Gasteiger partial charge is 0.465 e. The van der Waals surface area contributed by atoms with Gasteiger partial charge in [0.25, 0.3) is 5.91 Å². The van der Waals surface area contributed by atoms with Crippen LogP contribution < -0.4 is 5.32 Å². The number of aryl methyl sites for hydroxylation is 1. The molecule has 88 valence electrons. The van der Waals surface area contributed by atoms with Crippen LogP contribution in [0.15, 0.2) is 28.7 Å². The van der Waals surface area contributed by atoms with Gasteiger partial charge in [-0.15, -0.1) is 10.2 Å². The zero-order chi connectivity index (χ0) is 12.3. The Hall–Kier alpha value is -1.88. The number of furan rings is 1. The molecule has 0 bridgehead atoms. The molecule has 2 aromatic rings. The van der Waals surface area contributed by atoms with Gasteiger partial charge in [0.1, 0.15) is 11.5 Å². The third kappa shape index (κ3) is 3.04. The maximum atomic E-state index is 11.6. The number of amides is 1. The lowest BCUT2D eigenvalue weighted by Crippen LogP contribution is -2.23. The first-order valence-corrected chi connectivity index (χ1v) is 5.36. The van der Waals surface area contributed by atoms with Gasteiger partial charge < -0.3 is 9.73 Å². The van der Waals surface area contributed by atoms with Crippen LogP contribution in [0.4, 0.5) is 0 Å². The van der Waals surface area contributed by atoms with Crippen LogP contribution in [0, 0.1) is 6.92 Å². The van der Waals surface area contributed by atoms with Crippen molar-refractivity contribution < 1.29 is 9.21 Å². The topological polar surface area (TPSA) is 68.0 Å². The monoisotopic (exact) mass is 251 g/mol. The molecular weight excluding hydrogens is 242 g/mol. The number of nitrogens with one attached hydrogen (secondary N) is 1. The van der Waals surface area contributed by atoms with Crippen molar-refractivity contribution in [3.8, 4) is 0 Å². The summed E-state index contributed by atoms with van der Waals surface area (Å²) in [5.74, 6) is 1.18. The number of halogens is 1. The van der Waals surface area contributed by atoms with Gasteiger partial charge in [-0.2, -0.15) is 0 Å². The minimum Gasteiger partial charge on any atom is -0.465 e. The first-order valence-electron chi connectivity index (χ1n) is 4.98. The third-order valence-electron chi connectivity index (χ3n) is 2.08. The third-order valence-corrected chi connectivity index (χ3v) is 2.29. The van der Waals surface area contributed by atoms with Crippen LogP contribution in [0.1, 0.15) is 22.0 Å². The van der Waals surface area contributed by atoms with Gasteiger partial charge in [-0.3, -0.25) is 4.79 Å². The molecule has 0 aliphatic heterocycles. The predicted molar refractivity (Wildman–Crippen MR) is 61.7 cm³/mol. The first kappa shape index (κ1) is 11.6. The Labute approximate surface area is 103 Å². The molecule has 0 saturated heterocycles. The Morgan fingerprint density at radius 3 is 2.76 bits per heavy atom. The molecule has 17 heavy (non-hydrogen) atoms. The van der Waals surface area contributed by atoms with Crippen LogP contribution >= 0.6 is 11.6 Å². The molecule has 0 aliphatic carbocycles. The zero-order valence-electron chi connectivity index (χ0n) is 9.11. The van der Waals surface area contributed by atoms with E-state index in [1.807, 2.05) is 19.1 Å². The molecule has 2 aromatic heterocycles. The van der Waals surface area contributed by atoms with Crippen LogP contribution in [0.5, 0.6) is 0 Å². The average Bonchev–Trinajstić information content (AvgIpc) is 2.73. The van der Waals surface area contributed by atoms with Gasteiger partial charge in [-0.25, -0.2) is 0 Å². The van der Waals surface area contributed by atoms with Crippen molar-refractivity contribution in [3.63, 3.8) is 0 Å². The summed E-state index contributed by atoms with van der Waals surface area (Å²) in [6.45, 7) is 2.16. The van der Waals surface area contributed by atoms with Gasteiger partial charge in [-0.05, 0) is 31.2 Å². The highest BCUT2D eigenvalue weighted by atomic mass is 35.5. The van der Waals surface area contributed by atoms with Gasteiger partial charge >= 0.3 is 0 Å². The Bertz CT molecular complexity index is 522. The van der Waals surface area contributed by atoms with Crippen molar-refractivity contribution >= 4 is 17.5 Å². The molecule has 1 amide bonds. The molecule has 0 atom stereocenters. The molecule has 0 fully saturated rings. The minimum absolute atomic E-state index is 0.220. The van der Waals surface area contributed by atoms with Crippen LogP contribution in [-0.4, -0.2) is 16.1 Å². The lowest BCUT2D eigenvalue weighted by Gasteiger charge is -2.01. The summed E-state index contributed by atoms with van der Waals surface area (Å²) in [6, 6.07) is 6.67. The highest BCUT2D eigenvalue weighted by Crippen LogP contribution is 2.06. The maximum Gasteiger partial charge on any atom is 0.272 e. The molecular formula is C11H10ClN3O2. The summed E-state index contributed by atoms with van der Waals surface area (Å²) >= 11 is 5.57. The van der Waals surface area contributed by atoms with E-state index in [1.165, 1.54) is 12.1 Å². The highest BCUT2D eigenvalue weighted by molar-refractivity contribution is 6.29. The normalized spacial score (nSPS) is 10.2. The Balaban J connectivity index is 1.95. The Morgan fingerprint density at radius 2 is 2.18 bits per heavy atom. The second-order valence-corrected chi connectivity index (χ2v) is 3.82. The van der Waals surface area contributed by atoms with E-state index in [-0.39, 0.29) is 16.8 Å². The highest BCUT2D eigenvalue weighted by Gasteiger charge is 2.08. The molecule has 0 spiro atoms. The van der Waals surface area contributed by atoms with E-state index in [2.05, 4.69) is 15.5 Å². The van der Waals surface area contributed by atoms with Crippen molar-refractivity contribution in [2.75, 3.05) is 0 Å². The van der Waals surface area contributed by atoms with E-state index in [1.54, 1.807) is 0 Å². The maximum absolute atomic E-state index is 11.6. The zero-order valence-corrected chi connectivity index (χ0v) is 9.86. The summed E-state index contributed by atoms with van der Waals surface area (Å²) < 4.78 is 5.32. The minimum atomic E-state index is -0.316. The first-order chi connectivity index (χ1) is 8.15.